The Labute approximate surface area is 89.4 Å². The van der Waals surface area contributed by atoms with Crippen LogP contribution in [0.2, 0.25) is 0 Å². The number of hydrogen-bond acceptors (Lipinski definition) is 3. The van der Waals surface area contributed by atoms with E-state index in [1.165, 1.54) is 5.56 Å². The molecule has 0 heterocycles. The average molecular weight is 205 g/mol. The normalized spacial score (nSPS) is 16.9. The lowest BCUT2D eigenvalue weighted by atomic mass is 10.2. The molecule has 1 aromatic carbocycles. The van der Waals surface area contributed by atoms with Gasteiger partial charge in [-0.2, -0.15) is 0 Å². The van der Waals surface area contributed by atoms with Crippen LogP contribution in [-0.4, -0.2) is 18.9 Å². The molecule has 0 radical (unpaired) electrons. The summed E-state index contributed by atoms with van der Waals surface area (Å²) in [5, 5.41) is 3.07. The third-order valence-corrected chi connectivity index (χ3v) is 2.68. The Kier molecular flexibility index (Phi) is 2.39. The number of benzene rings is 1. The summed E-state index contributed by atoms with van der Waals surface area (Å²) in [6.07, 6.45) is 2.56. The number of hydrogen-bond donors (Lipinski definition) is 1. The first-order valence-corrected chi connectivity index (χ1v) is 5.13. The molecular formula is C12H15NO2. The monoisotopic (exact) mass is 205 g/mol. The van der Waals surface area contributed by atoms with Gasteiger partial charge in [-0.3, -0.25) is 4.79 Å². The second-order valence-corrected chi connectivity index (χ2v) is 4.03. The highest BCUT2D eigenvalue weighted by Crippen LogP contribution is 2.40. The molecule has 0 spiro atoms. The standard InChI is InChI=1S/C12H15NO2/c1-9-3-4-11(10(7-9)13-2)15-12(8-14)5-6-12/h3-4,7-8,13H,5-6H2,1-2H3. The van der Waals surface area contributed by atoms with E-state index in [1.807, 2.05) is 32.2 Å². The van der Waals surface area contributed by atoms with E-state index in [2.05, 4.69) is 5.32 Å². The molecule has 1 saturated carbocycles. The van der Waals surface area contributed by atoms with Crippen molar-refractivity contribution >= 4 is 12.0 Å². The molecule has 0 aromatic heterocycles. The zero-order chi connectivity index (χ0) is 10.9. The number of aldehydes is 1. The van der Waals surface area contributed by atoms with Gasteiger partial charge in [0.15, 0.2) is 11.9 Å². The van der Waals surface area contributed by atoms with Gasteiger partial charge < -0.3 is 10.1 Å². The van der Waals surface area contributed by atoms with Gasteiger partial charge in [-0.25, -0.2) is 0 Å². The van der Waals surface area contributed by atoms with Gasteiger partial charge in [0, 0.05) is 7.05 Å². The lowest BCUT2D eigenvalue weighted by Gasteiger charge is -2.15. The van der Waals surface area contributed by atoms with Crippen LogP contribution in [0.3, 0.4) is 0 Å². The van der Waals surface area contributed by atoms with E-state index in [1.54, 1.807) is 0 Å². The summed E-state index contributed by atoms with van der Waals surface area (Å²) >= 11 is 0. The van der Waals surface area contributed by atoms with Crippen molar-refractivity contribution in [3.63, 3.8) is 0 Å². The SMILES string of the molecule is CNc1cc(C)ccc1OC1(C=O)CC1. The van der Waals surface area contributed by atoms with Crippen molar-refractivity contribution in [3.05, 3.63) is 23.8 Å². The van der Waals surface area contributed by atoms with Gasteiger partial charge in [0.25, 0.3) is 0 Å². The topological polar surface area (TPSA) is 38.3 Å². The lowest BCUT2D eigenvalue weighted by Crippen LogP contribution is -2.20. The van der Waals surface area contributed by atoms with E-state index in [4.69, 9.17) is 4.74 Å². The molecule has 1 aromatic rings. The highest BCUT2D eigenvalue weighted by molar-refractivity contribution is 5.69. The van der Waals surface area contributed by atoms with Crippen molar-refractivity contribution in [2.75, 3.05) is 12.4 Å². The van der Waals surface area contributed by atoms with E-state index in [0.29, 0.717) is 0 Å². The summed E-state index contributed by atoms with van der Waals surface area (Å²) < 4.78 is 5.71. The summed E-state index contributed by atoms with van der Waals surface area (Å²) in [5.74, 6) is 0.757. The number of aryl methyl sites for hydroxylation is 1. The molecule has 0 amide bonds. The Balaban J connectivity index is 2.24. The minimum absolute atomic E-state index is 0.541. The van der Waals surface area contributed by atoms with Crippen LogP contribution in [0.1, 0.15) is 18.4 Å². The molecule has 0 saturated heterocycles. The van der Waals surface area contributed by atoms with E-state index in [-0.39, 0.29) is 0 Å². The summed E-state index contributed by atoms with van der Waals surface area (Å²) in [7, 11) is 1.85. The summed E-state index contributed by atoms with van der Waals surface area (Å²) in [6.45, 7) is 2.03. The van der Waals surface area contributed by atoms with Gasteiger partial charge in [-0.05, 0) is 37.5 Å². The van der Waals surface area contributed by atoms with Gasteiger partial charge in [-0.1, -0.05) is 6.07 Å². The minimum atomic E-state index is -0.541. The maximum Gasteiger partial charge on any atom is 0.164 e. The molecule has 0 bridgehead atoms. The Morgan fingerprint density at radius 3 is 2.73 bits per heavy atom. The van der Waals surface area contributed by atoms with Crippen molar-refractivity contribution in [2.24, 2.45) is 0 Å². The van der Waals surface area contributed by atoms with Crippen LogP contribution in [-0.2, 0) is 4.79 Å². The highest BCUT2D eigenvalue weighted by atomic mass is 16.5. The molecular weight excluding hydrogens is 190 g/mol. The quantitative estimate of drug-likeness (QED) is 0.765. The third kappa shape index (κ3) is 1.96. The Morgan fingerprint density at radius 2 is 2.20 bits per heavy atom. The molecule has 1 fully saturated rings. The van der Waals surface area contributed by atoms with E-state index in [9.17, 15) is 4.79 Å². The minimum Gasteiger partial charge on any atom is -0.478 e. The van der Waals surface area contributed by atoms with E-state index >= 15 is 0 Å². The fourth-order valence-corrected chi connectivity index (χ4v) is 1.51. The average Bonchev–Trinajstić information content (AvgIpc) is 3.01. The van der Waals surface area contributed by atoms with E-state index in [0.717, 1.165) is 30.6 Å². The molecule has 3 heteroatoms. The molecule has 0 aliphatic heterocycles. The number of carbonyl (C=O) groups is 1. The fourth-order valence-electron chi connectivity index (χ4n) is 1.51. The second-order valence-electron chi connectivity index (χ2n) is 4.03. The smallest absolute Gasteiger partial charge is 0.164 e. The van der Waals surface area contributed by atoms with Crippen molar-refractivity contribution in [1.82, 2.24) is 0 Å². The van der Waals surface area contributed by atoms with Crippen LogP contribution in [0.25, 0.3) is 0 Å². The first-order valence-electron chi connectivity index (χ1n) is 5.13. The number of carbonyl (C=O) groups excluding carboxylic acids is 1. The predicted octanol–water partition coefficient (Wildman–Crippen LogP) is 2.15. The maximum absolute atomic E-state index is 10.8. The number of anilines is 1. The summed E-state index contributed by atoms with van der Waals surface area (Å²) in [6, 6.07) is 5.90. The van der Waals surface area contributed by atoms with Crippen molar-refractivity contribution in [1.29, 1.82) is 0 Å². The Hall–Kier alpha value is -1.51. The van der Waals surface area contributed by atoms with Crippen molar-refractivity contribution in [2.45, 2.75) is 25.4 Å². The molecule has 15 heavy (non-hydrogen) atoms. The van der Waals surface area contributed by atoms with Crippen LogP contribution < -0.4 is 10.1 Å². The van der Waals surface area contributed by atoms with Gasteiger partial charge in [0.05, 0.1) is 5.69 Å². The Bertz CT molecular complexity index is 383. The van der Waals surface area contributed by atoms with Gasteiger partial charge >= 0.3 is 0 Å². The van der Waals surface area contributed by atoms with Crippen LogP contribution in [0.5, 0.6) is 5.75 Å². The third-order valence-electron chi connectivity index (χ3n) is 2.68. The second kappa shape index (κ2) is 3.57. The summed E-state index contributed by atoms with van der Waals surface area (Å²) in [4.78, 5) is 10.8. The maximum atomic E-state index is 10.8. The Morgan fingerprint density at radius 1 is 1.47 bits per heavy atom. The first kappa shape index (κ1) is 10.0. The van der Waals surface area contributed by atoms with E-state index < -0.39 is 5.60 Å². The highest BCUT2D eigenvalue weighted by Gasteiger charge is 2.45. The molecule has 80 valence electrons. The molecule has 0 unspecified atom stereocenters. The molecule has 2 rings (SSSR count). The van der Waals surface area contributed by atoms with Crippen molar-refractivity contribution < 1.29 is 9.53 Å². The molecule has 0 atom stereocenters. The molecule has 1 aliphatic carbocycles. The van der Waals surface area contributed by atoms with Crippen LogP contribution in [0.15, 0.2) is 18.2 Å². The van der Waals surface area contributed by atoms with Crippen LogP contribution >= 0.6 is 0 Å². The lowest BCUT2D eigenvalue weighted by molar-refractivity contribution is -0.115. The summed E-state index contributed by atoms with van der Waals surface area (Å²) in [5.41, 5.74) is 1.56. The number of rotatable bonds is 4. The number of ether oxygens (including phenoxy) is 1. The molecule has 1 aliphatic rings. The fraction of sp³-hybridized carbons (Fsp3) is 0.417. The van der Waals surface area contributed by atoms with Gasteiger partial charge in [0.1, 0.15) is 5.75 Å². The largest absolute Gasteiger partial charge is 0.478 e. The van der Waals surface area contributed by atoms with Crippen LogP contribution in [0, 0.1) is 6.92 Å². The van der Waals surface area contributed by atoms with Gasteiger partial charge in [0.2, 0.25) is 0 Å². The molecule has 3 nitrogen and oxygen atoms in total. The zero-order valence-corrected chi connectivity index (χ0v) is 9.04. The van der Waals surface area contributed by atoms with Gasteiger partial charge in [-0.15, -0.1) is 0 Å². The van der Waals surface area contributed by atoms with Crippen LogP contribution in [0.4, 0.5) is 5.69 Å². The van der Waals surface area contributed by atoms with Crippen molar-refractivity contribution in [3.8, 4) is 5.75 Å². The predicted molar refractivity (Wildman–Crippen MR) is 59.4 cm³/mol. The zero-order valence-electron chi connectivity index (χ0n) is 9.04. The first-order chi connectivity index (χ1) is 7.19. The molecule has 1 N–H and O–H groups in total. The number of nitrogens with one attached hydrogen (secondary N) is 1.